The topological polar surface area (TPSA) is 81.0 Å². The van der Waals surface area contributed by atoms with Crippen molar-refractivity contribution in [3.05, 3.63) is 23.8 Å². The lowest BCUT2D eigenvalue weighted by molar-refractivity contribution is -0.150. The number of hydrogen-bond donors (Lipinski definition) is 3. The number of benzene rings is 1. The molecule has 0 spiro atoms. The zero-order valence-corrected chi connectivity index (χ0v) is 11.7. The van der Waals surface area contributed by atoms with Crippen LogP contribution >= 0.6 is 0 Å². The highest BCUT2D eigenvalue weighted by Gasteiger charge is 2.38. The second kappa shape index (κ2) is 5.48. The van der Waals surface area contributed by atoms with Crippen LogP contribution in [-0.2, 0) is 4.79 Å². The Morgan fingerprint density at radius 2 is 1.79 bits per heavy atom. The van der Waals surface area contributed by atoms with E-state index >= 15 is 0 Å². The van der Waals surface area contributed by atoms with Gasteiger partial charge in [0.05, 0.1) is 5.56 Å². The summed E-state index contributed by atoms with van der Waals surface area (Å²) in [5.74, 6) is -1.02. The van der Waals surface area contributed by atoms with Crippen LogP contribution in [0.2, 0.25) is 0 Å². The monoisotopic (exact) mass is 267 g/mol. The quantitative estimate of drug-likeness (QED) is 0.763. The third kappa shape index (κ3) is 2.81. The lowest BCUT2D eigenvalue weighted by Crippen LogP contribution is -2.51. The molecule has 0 fully saturated rings. The first-order valence-electron chi connectivity index (χ1n) is 6.24. The van der Waals surface area contributed by atoms with Crippen molar-refractivity contribution in [1.82, 2.24) is 4.90 Å². The molecule has 1 rings (SSSR count). The molecule has 0 amide bonds. The SMILES string of the molecule is CCN(C(C)c1c(O)cccc1O)C(C)(C)C(=O)O. The fourth-order valence-electron chi connectivity index (χ4n) is 2.40. The number of nitrogens with zero attached hydrogens (tertiary/aromatic N) is 1. The molecule has 1 atom stereocenters. The minimum absolute atomic E-state index is 0.0351. The molecular formula is C14H21NO4. The molecule has 1 aromatic rings. The Balaban J connectivity index is 3.23. The molecule has 5 nitrogen and oxygen atoms in total. The van der Waals surface area contributed by atoms with Crippen LogP contribution in [0.25, 0.3) is 0 Å². The highest BCUT2D eigenvalue weighted by atomic mass is 16.4. The second-order valence-electron chi connectivity index (χ2n) is 5.04. The Labute approximate surface area is 113 Å². The standard InChI is InChI=1S/C14H21NO4/c1-5-15(14(3,4)13(18)19)9(2)12-10(16)7-6-8-11(12)17/h6-9,16-17H,5H2,1-4H3,(H,18,19). The number of aromatic hydroxyl groups is 2. The number of hydrogen-bond acceptors (Lipinski definition) is 4. The molecule has 106 valence electrons. The van der Waals surface area contributed by atoms with Crippen molar-refractivity contribution in [2.45, 2.75) is 39.3 Å². The Morgan fingerprint density at radius 3 is 2.16 bits per heavy atom. The number of carboxylic acid groups (broad SMARTS) is 1. The lowest BCUT2D eigenvalue weighted by atomic mass is 9.96. The van der Waals surface area contributed by atoms with E-state index in [1.807, 2.05) is 6.92 Å². The van der Waals surface area contributed by atoms with Gasteiger partial charge in [0.25, 0.3) is 0 Å². The smallest absolute Gasteiger partial charge is 0.323 e. The van der Waals surface area contributed by atoms with E-state index in [2.05, 4.69) is 0 Å². The number of carbonyl (C=O) groups is 1. The summed E-state index contributed by atoms with van der Waals surface area (Å²) in [6.45, 7) is 7.30. The van der Waals surface area contributed by atoms with E-state index in [1.54, 1.807) is 31.7 Å². The molecule has 5 heteroatoms. The third-order valence-corrected chi connectivity index (χ3v) is 3.53. The molecular weight excluding hydrogens is 246 g/mol. The summed E-state index contributed by atoms with van der Waals surface area (Å²) in [6, 6.07) is 4.08. The van der Waals surface area contributed by atoms with Crippen molar-refractivity contribution < 1.29 is 20.1 Å². The summed E-state index contributed by atoms with van der Waals surface area (Å²) >= 11 is 0. The van der Waals surface area contributed by atoms with E-state index in [1.165, 1.54) is 12.1 Å². The minimum atomic E-state index is -1.09. The molecule has 0 saturated carbocycles. The van der Waals surface area contributed by atoms with Crippen LogP contribution in [0, 0.1) is 0 Å². The van der Waals surface area contributed by atoms with Gasteiger partial charge < -0.3 is 15.3 Å². The van der Waals surface area contributed by atoms with Crippen LogP contribution in [0.1, 0.15) is 39.3 Å². The Kier molecular flexibility index (Phi) is 4.42. The number of phenolic OH excluding ortho intramolecular Hbond substituents is 2. The number of likely N-dealkylation sites (N-methyl/N-ethyl adjacent to an activating group) is 1. The molecule has 1 aromatic carbocycles. The van der Waals surface area contributed by atoms with Crippen LogP contribution in [0.4, 0.5) is 0 Å². The Bertz CT molecular complexity index is 450. The third-order valence-electron chi connectivity index (χ3n) is 3.53. The first-order valence-corrected chi connectivity index (χ1v) is 6.24. The van der Waals surface area contributed by atoms with Gasteiger partial charge in [-0.05, 0) is 39.4 Å². The first kappa shape index (κ1) is 15.3. The normalized spacial score (nSPS) is 13.5. The summed E-state index contributed by atoms with van der Waals surface area (Å²) in [5.41, 5.74) is -0.748. The lowest BCUT2D eigenvalue weighted by Gasteiger charge is -2.39. The predicted octanol–water partition coefficient (Wildman–Crippen LogP) is 2.34. The van der Waals surface area contributed by atoms with E-state index in [9.17, 15) is 20.1 Å². The van der Waals surface area contributed by atoms with E-state index in [0.29, 0.717) is 12.1 Å². The Hall–Kier alpha value is -1.75. The second-order valence-corrected chi connectivity index (χ2v) is 5.04. The number of aliphatic carboxylic acids is 1. The molecule has 0 aliphatic heterocycles. The summed E-state index contributed by atoms with van der Waals surface area (Å²) < 4.78 is 0. The van der Waals surface area contributed by atoms with E-state index in [0.717, 1.165) is 0 Å². The molecule has 0 saturated heterocycles. The van der Waals surface area contributed by atoms with Gasteiger partial charge in [0.1, 0.15) is 17.0 Å². The summed E-state index contributed by atoms with van der Waals surface area (Å²) in [7, 11) is 0. The van der Waals surface area contributed by atoms with Crippen LogP contribution < -0.4 is 0 Å². The minimum Gasteiger partial charge on any atom is -0.507 e. The highest BCUT2D eigenvalue weighted by Crippen LogP contribution is 2.38. The fraction of sp³-hybridized carbons (Fsp3) is 0.500. The van der Waals surface area contributed by atoms with Crippen molar-refractivity contribution in [2.75, 3.05) is 6.54 Å². The highest BCUT2D eigenvalue weighted by molar-refractivity contribution is 5.77. The van der Waals surface area contributed by atoms with Crippen molar-refractivity contribution >= 4 is 5.97 Å². The van der Waals surface area contributed by atoms with Gasteiger partial charge in [-0.1, -0.05) is 13.0 Å². The van der Waals surface area contributed by atoms with Crippen LogP contribution in [-0.4, -0.2) is 38.3 Å². The molecule has 0 aliphatic rings. The van der Waals surface area contributed by atoms with Gasteiger partial charge in [-0.2, -0.15) is 0 Å². The van der Waals surface area contributed by atoms with Gasteiger partial charge >= 0.3 is 5.97 Å². The van der Waals surface area contributed by atoms with E-state index in [4.69, 9.17) is 0 Å². The fourth-order valence-corrected chi connectivity index (χ4v) is 2.40. The van der Waals surface area contributed by atoms with Crippen molar-refractivity contribution in [3.8, 4) is 11.5 Å². The zero-order chi connectivity index (χ0) is 14.8. The number of rotatable bonds is 5. The predicted molar refractivity (Wildman–Crippen MR) is 72.3 cm³/mol. The average Bonchev–Trinajstić information content (AvgIpc) is 2.28. The largest absolute Gasteiger partial charge is 0.507 e. The van der Waals surface area contributed by atoms with E-state index in [-0.39, 0.29) is 11.5 Å². The van der Waals surface area contributed by atoms with Gasteiger partial charge in [0.2, 0.25) is 0 Å². The van der Waals surface area contributed by atoms with Gasteiger partial charge in [-0.15, -0.1) is 0 Å². The molecule has 1 unspecified atom stereocenters. The molecule has 0 bridgehead atoms. The maximum Gasteiger partial charge on any atom is 0.323 e. The van der Waals surface area contributed by atoms with Gasteiger partial charge in [0.15, 0.2) is 0 Å². The molecule has 0 aromatic heterocycles. The molecule has 0 heterocycles. The molecule has 0 radical (unpaired) electrons. The van der Waals surface area contributed by atoms with E-state index < -0.39 is 17.6 Å². The van der Waals surface area contributed by atoms with Gasteiger partial charge in [-0.25, -0.2) is 0 Å². The molecule has 3 N–H and O–H groups in total. The van der Waals surface area contributed by atoms with Crippen LogP contribution in [0.5, 0.6) is 11.5 Å². The average molecular weight is 267 g/mol. The summed E-state index contributed by atoms with van der Waals surface area (Å²) in [6.07, 6.45) is 0. The Morgan fingerprint density at radius 1 is 1.32 bits per heavy atom. The maximum absolute atomic E-state index is 11.4. The van der Waals surface area contributed by atoms with Crippen LogP contribution in [0.3, 0.4) is 0 Å². The maximum atomic E-state index is 11.4. The van der Waals surface area contributed by atoms with Gasteiger partial charge in [-0.3, -0.25) is 9.69 Å². The van der Waals surface area contributed by atoms with Gasteiger partial charge in [0, 0.05) is 6.04 Å². The summed E-state index contributed by atoms with van der Waals surface area (Å²) in [4.78, 5) is 13.1. The zero-order valence-electron chi connectivity index (χ0n) is 11.7. The molecule has 19 heavy (non-hydrogen) atoms. The number of carboxylic acids is 1. The number of phenols is 2. The van der Waals surface area contributed by atoms with Crippen molar-refractivity contribution in [1.29, 1.82) is 0 Å². The molecule has 0 aliphatic carbocycles. The van der Waals surface area contributed by atoms with Crippen LogP contribution in [0.15, 0.2) is 18.2 Å². The summed E-state index contributed by atoms with van der Waals surface area (Å²) in [5, 5.41) is 29.1. The van der Waals surface area contributed by atoms with Crippen molar-refractivity contribution in [3.63, 3.8) is 0 Å². The van der Waals surface area contributed by atoms with Crippen molar-refractivity contribution in [2.24, 2.45) is 0 Å². The first-order chi connectivity index (χ1) is 8.73.